The van der Waals surface area contributed by atoms with E-state index in [1.165, 1.54) is 0 Å². The van der Waals surface area contributed by atoms with Crippen molar-refractivity contribution in [2.75, 3.05) is 26.4 Å². The van der Waals surface area contributed by atoms with Crippen molar-refractivity contribution in [2.24, 2.45) is 0 Å². The number of aromatic hydroxyl groups is 2. The number of hydrogen-bond donors (Lipinski definition) is 3. The average Bonchev–Trinajstić information content (AvgIpc) is 2.66. The van der Waals surface area contributed by atoms with Gasteiger partial charge in [0.15, 0.2) is 0 Å². The molecule has 0 unspecified atom stereocenters. The van der Waals surface area contributed by atoms with Crippen molar-refractivity contribution < 1.29 is 29.6 Å². The summed E-state index contributed by atoms with van der Waals surface area (Å²) in [6.45, 7) is 1.49. The Hall–Kier alpha value is -3.10. The Kier molecular flexibility index (Phi) is 8.26. The molecule has 0 radical (unpaired) electrons. The largest absolute Gasteiger partial charge is 0.508 e. The van der Waals surface area contributed by atoms with E-state index in [0.717, 1.165) is 0 Å². The van der Waals surface area contributed by atoms with E-state index in [-0.39, 0.29) is 31.3 Å². The summed E-state index contributed by atoms with van der Waals surface area (Å²) in [5.41, 5.74) is 1.29. The molecule has 2 rings (SSSR count). The van der Waals surface area contributed by atoms with Gasteiger partial charge in [-0.1, -0.05) is 36.4 Å². The normalized spacial score (nSPS) is 10.9. The van der Waals surface area contributed by atoms with Gasteiger partial charge in [-0.2, -0.15) is 0 Å². The van der Waals surface area contributed by atoms with Crippen LogP contribution in [0.4, 0.5) is 0 Å². The molecular weight excluding hydrogens is 364 g/mol. The van der Waals surface area contributed by atoms with Crippen LogP contribution in [0.3, 0.4) is 0 Å². The van der Waals surface area contributed by atoms with E-state index in [0.29, 0.717) is 37.2 Å². The van der Waals surface area contributed by atoms with Crippen LogP contribution in [0.1, 0.15) is 11.1 Å². The lowest BCUT2D eigenvalue weighted by Gasteiger charge is -2.26. The number of para-hydroxylation sites is 2. The number of hydrogen-bond acceptors (Lipinski definition) is 7. The molecule has 0 aliphatic heterocycles. The summed E-state index contributed by atoms with van der Waals surface area (Å²) >= 11 is 0. The molecule has 0 aromatic heterocycles. The van der Waals surface area contributed by atoms with Crippen LogP contribution in [0.25, 0.3) is 0 Å². The molecular formula is C20H24N2O6. The molecule has 3 N–H and O–H groups in total. The number of ether oxygens (including phenoxy) is 1. The first-order chi connectivity index (χ1) is 13.5. The molecule has 2 aromatic rings. The van der Waals surface area contributed by atoms with Gasteiger partial charge in [0.05, 0.1) is 6.54 Å². The Morgan fingerprint density at radius 1 is 0.893 bits per heavy atom. The van der Waals surface area contributed by atoms with Gasteiger partial charge in [-0.15, -0.1) is 0 Å². The Bertz CT molecular complexity index is 783. The molecule has 2 aromatic carbocycles. The number of phenolic OH excluding ortho intramolecular Hbond substituents is 2. The number of carbonyl (C=O) groups excluding carboxylic acids is 1. The van der Waals surface area contributed by atoms with Crippen molar-refractivity contribution in [2.45, 2.75) is 13.1 Å². The maximum absolute atomic E-state index is 11.2. The van der Waals surface area contributed by atoms with Crippen molar-refractivity contribution in [1.82, 2.24) is 9.80 Å². The second-order valence-corrected chi connectivity index (χ2v) is 6.31. The summed E-state index contributed by atoms with van der Waals surface area (Å²) in [5.74, 6) is -0.740. The standard InChI is InChI=1S/C20H24N2O6/c23-15-28-14-22(12-17-6-2-4-8-19(17)25)10-9-21(13-20(26)27)11-16-5-1-3-7-18(16)24/h1-8,15,24-25H,9-14H2,(H,26,27). The quantitative estimate of drug-likeness (QED) is 0.372. The Morgan fingerprint density at radius 3 is 1.89 bits per heavy atom. The Balaban J connectivity index is 2.05. The highest BCUT2D eigenvalue weighted by Gasteiger charge is 2.16. The minimum atomic E-state index is -0.980. The van der Waals surface area contributed by atoms with Crippen LogP contribution >= 0.6 is 0 Å². The fourth-order valence-electron chi connectivity index (χ4n) is 2.78. The van der Waals surface area contributed by atoms with Crippen LogP contribution in [0.5, 0.6) is 11.5 Å². The molecule has 0 fully saturated rings. The van der Waals surface area contributed by atoms with Gasteiger partial charge in [-0.05, 0) is 12.1 Å². The smallest absolute Gasteiger partial charge is 0.317 e. The molecule has 0 saturated carbocycles. The van der Waals surface area contributed by atoms with Crippen LogP contribution in [0.15, 0.2) is 48.5 Å². The highest BCUT2D eigenvalue weighted by molar-refractivity contribution is 5.69. The van der Waals surface area contributed by atoms with Gasteiger partial charge in [-0.3, -0.25) is 19.4 Å². The molecule has 150 valence electrons. The van der Waals surface area contributed by atoms with Crippen LogP contribution < -0.4 is 0 Å². The minimum Gasteiger partial charge on any atom is -0.508 e. The van der Waals surface area contributed by atoms with E-state index in [1.807, 2.05) is 0 Å². The molecule has 28 heavy (non-hydrogen) atoms. The zero-order valence-corrected chi connectivity index (χ0v) is 15.4. The van der Waals surface area contributed by atoms with Gasteiger partial charge < -0.3 is 20.1 Å². The molecule has 0 bridgehead atoms. The number of phenols is 2. The number of nitrogens with zero attached hydrogens (tertiary/aromatic N) is 2. The van der Waals surface area contributed by atoms with E-state index in [9.17, 15) is 24.9 Å². The van der Waals surface area contributed by atoms with Crippen LogP contribution in [0, 0.1) is 0 Å². The van der Waals surface area contributed by atoms with E-state index in [1.54, 1.807) is 58.3 Å². The van der Waals surface area contributed by atoms with Crippen LogP contribution in [-0.4, -0.2) is 63.9 Å². The maximum Gasteiger partial charge on any atom is 0.317 e. The van der Waals surface area contributed by atoms with Gasteiger partial charge >= 0.3 is 5.97 Å². The molecule has 0 amide bonds. The minimum absolute atomic E-state index is 0.00926. The zero-order valence-electron chi connectivity index (χ0n) is 15.4. The fraction of sp³-hybridized carbons (Fsp3) is 0.300. The number of carbonyl (C=O) groups is 2. The molecule has 0 heterocycles. The number of carboxylic acids is 1. The van der Waals surface area contributed by atoms with Gasteiger partial charge in [0.1, 0.15) is 18.2 Å². The average molecular weight is 388 g/mol. The summed E-state index contributed by atoms with van der Waals surface area (Å²) in [6, 6.07) is 13.6. The highest BCUT2D eigenvalue weighted by Crippen LogP contribution is 2.19. The lowest BCUT2D eigenvalue weighted by atomic mass is 10.2. The first kappa shape index (κ1) is 21.2. The molecule has 0 atom stereocenters. The van der Waals surface area contributed by atoms with Gasteiger partial charge in [0.25, 0.3) is 6.47 Å². The number of benzene rings is 2. The first-order valence-electron chi connectivity index (χ1n) is 8.75. The second kappa shape index (κ2) is 10.9. The van der Waals surface area contributed by atoms with Crippen molar-refractivity contribution in [3.63, 3.8) is 0 Å². The van der Waals surface area contributed by atoms with Crippen molar-refractivity contribution in [1.29, 1.82) is 0 Å². The Morgan fingerprint density at radius 2 is 1.39 bits per heavy atom. The summed E-state index contributed by atoms with van der Waals surface area (Å²) in [4.78, 5) is 25.2. The fourth-order valence-corrected chi connectivity index (χ4v) is 2.78. The van der Waals surface area contributed by atoms with Crippen molar-refractivity contribution in [3.05, 3.63) is 59.7 Å². The van der Waals surface area contributed by atoms with E-state index < -0.39 is 5.97 Å². The van der Waals surface area contributed by atoms with Gasteiger partial charge in [-0.25, -0.2) is 0 Å². The third-order valence-corrected chi connectivity index (χ3v) is 4.19. The van der Waals surface area contributed by atoms with Crippen LogP contribution in [0.2, 0.25) is 0 Å². The van der Waals surface area contributed by atoms with E-state index in [4.69, 9.17) is 4.74 Å². The van der Waals surface area contributed by atoms with E-state index >= 15 is 0 Å². The Labute approximate surface area is 163 Å². The molecule has 0 aliphatic carbocycles. The highest BCUT2D eigenvalue weighted by atomic mass is 16.5. The summed E-state index contributed by atoms with van der Waals surface area (Å²) < 4.78 is 4.85. The number of rotatable bonds is 12. The predicted molar refractivity (Wildman–Crippen MR) is 102 cm³/mol. The third-order valence-electron chi connectivity index (χ3n) is 4.19. The lowest BCUT2D eigenvalue weighted by molar-refractivity contribution is -0.138. The molecule has 8 heteroatoms. The number of aliphatic carboxylic acids is 1. The first-order valence-corrected chi connectivity index (χ1v) is 8.75. The summed E-state index contributed by atoms with van der Waals surface area (Å²) in [7, 11) is 0. The van der Waals surface area contributed by atoms with Crippen molar-refractivity contribution >= 4 is 12.4 Å². The second-order valence-electron chi connectivity index (χ2n) is 6.31. The molecule has 0 spiro atoms. The summed E-state index contributed by atoms with van der Waals surface area (Å²) in [5, 5.41) is 29.1. The van der Waals surface area contributed by atoms with Gasteiger partial charge in [0.2, 0.25) is 0 Å². The van der Waals surface area contributed by atoms with Gasteiger partial charge in [0, 0.05) is 37.3 Å². The zero-order chi connectivity index (χ0) is 20.4. The predicted octanol–water partition coefficient (Wildman–Crippen LogP) is 1.62. The molecule has 8 nitrogen and oxygen atoms in total. The monoisotopic (exact) mass is 388 g/mol. The molecule has 0 aliphatic rings. The van der Waals surface area contributed by atoms with Crippen LogP contribution in [-0.2, 0) is 27.4 Å². The third kappa shape index (κ3) is 6.90. The maximum atomic E-state index is 11.2. The topological polar surface area (TPSA) is 111 Å². The summed E-state index contributed by atoms with van der Waals surface area (Å²) in [6.07, 6.45) is 0. The SMILES string of the molecule is O=COCN(CCN(CC(=O)O)Cc1ccccc1O)Cc1ccccc1O. The lowest BCUT2D eigenvalue weighted by Crippen LogP contribution is -2.38. The van der Waals surface area contributed by atoms with Crippen molar-refractivity contribution in [3.8, 4) is 11.5 Å². The number of carboxylic acid groups (broad SMARTS) is 1. The van der Waals surface area contributed by atoms with E-state index in [2.05, 4.69) is 0 Å². The molecule has 0 saturated heterocycles.